The quantitative estimate of drug-likeness (QED) is 0.559. The zero-order valence-corrected chi connectivity index (χ0v) is 12.8. The van der Waals surface area contributed by atoms with Crippen LogP contribution in [0.4, 0.5) is 30.2 Å². The van der Waals surface area contributed by atoms with Gasteiger partial charge in [-0.05, 0) is 12.8 Å². The van der Waals surface area contributed by atoms with Crippen LogP contribution in [-0.4, -0.2) is 23.5 Å². The lowest BCUT2D eigenvalue weighted by atomic mass is 10.1. The summed E-state index contributed by atoms with van der Waals surface area (Å²) in [5.74, 6) is 0. The molecule has 2 unspecified atom stereocenters. The second kappa shape index (κ2) is 7.90. The zero-order valence-electron chi connectivity index (χ0n) is 12.8. The molecule has 0 bridgehead atoms. The maximum Gasteiger partial charge on any atom is 0.416 e. The minimum atomic E-state index is -4.83. The third kappa shape index (κ3) is 4.77. The summed E-state index contributed by atoms with van der Waals surface area (Å²) in [5.41, 5.74) is -2.77. The van der Waals surface area contributed by atoms with Crippen LogP contribution in [0.3, 0.4) is 0 Å². The van der Waals surface area contributed by atoms with Crippen molar-refractivity contribution < 1.29 is 34.0 Å². The van der Waals surface area contributed by atoms with Gasteiger partial charge in [-0.1, -0.05) is 13.8 Å². The normalized spacial score (nSPS) is 14.7. The van der Waals surface area contributed by atoms with E-state index in [-0.39, 0.29) is 5.69 Å². The first-order chi connectivity index (χ1) is 10.6. The molecule has 0 aliphatic heterocycles. The van der Waals surface area contributed by atoms with Crippen LogP contribution in [0.15, 0.2) is 12.1 Å². The lowest BCUT2D eigenvalue weighted by molar-refractivity contribution is -0.995. The van der Waals surface area contributed by atoms with Crippen molar-refractivity contribution in [2.75, 3.05) is 18.0 Å². The Hall–Kier alpha value is -1.43. The molecule has 23 heavy (non-hydrogen) atoms. The molecule has 132 valence electrons. The highest BCUT2D eigenvalue weighted by Gasteiger charge is 2.36. The Labute approximate surface area is 131 Å². The van der Waals surface area contributed by atoms with Gasteiger partial charge in [0.1, 0.15) is 0 Å². The second-order valence-corrected chi connectivity index (χ2v) is 5.02. The minimum absolute atomic E-state index is 0.179. The molecule has 7 nitrogen and oxygen atoms in total. The van der Waals surface area contributed by atoms with Crippen LogP contribution >= 0.6 is 0 Å². The molecular formula is C13H20F3N3O4. The van der Waals surface area contributed by atoms with Gasteiger partial charge >= 0.3 is 6.18 Å². The summed E-state index contributed by atoms with van der Waals surface area (Å²) in [6, 6.07) is 0.977. The largest absolute Gasteiger partial charge is 0.595 e. The van der Waals surface area contributed by atoms with Crippen LogP contribution in [0.1, 0.15) is 32.3 Å². The summed E-state index contributed by atoms with van der Waals surface area (Å²) in [5, 5.41) is 38.1. The number of benzene rings is 1. The van der Waals surface area contributed by atoms with Gasteiger partial charge < -0.3 is 15.3 Å². The summed E-state index contributed by atoms with van der Waals surface area (Å²) in [6.07, 6.45) is -3.63. The molecule has 0 spiro atoms. The van der Waals surface area contributed by atoms with E-state index in [1.54, 1.807) is 0 Å². The van der Waals surface area contributed by atoms with Crippen LogP contribution in [0, 0.1) is 10.4 Å². The molecule has 0 radical (unpaired) electrons. The molecule has 0 amide bonds. The molecule has 0 saturated carbocycles. The van der Waals surface area contributed by atoms with Gasteiger partial charge in [-0.2, -0.15) is 23.6 Å². The van der Waals surface area contributed by atoms with Gasteiger partial charge in [-0.3, -0.25) is 0 Å². The van der Waals surface area contributed by atoms with E-state index in [4.69, 9.17) is 0 Å². The summed E-state index contributed by atoms with van der Waals surface area (Å²) < 4.78 is 38.7. The Morgan fingerprint density at radius 2 is 1.39 bits per heavy atom. The first-order valence-electron chi connectivity index (χ1n) is 7.10. The molecule has 1 rings (SSSR count). The highest BCUT2D eigenvalue weighted by molar-refractivity contribution is 5.76. The number of alkyl halides is 3. The van der Waals surface area contributed by atoms with Crippen molar-refractivity contribution in [3.63, 3.8) is 0 Å². The van der Waals surface area contributed by atoms with Gasteiger partial charge in [-0.15, -0.1) is 0 Å². The molecule has 2 atom stereocenters. The van der Waals surface area contributed by atoms with E-state index in [0.717, 1.165) is 0 Å². The summed E-state index contributed by atoms with van der Waals surface area (Å²) >= 11 is 0. The van der Waals surface area contributed by atoms with Gasteiger partial charge in [-0.25, -0.2) is 10.4 Å². The molecule has 0 fully saturated rings. The first kappa shape index (κ1) is 19.6. The number of rotatable bonds is 7. The van der Waals surface area contributed by atoms with Crippen molar-refractivity contribution in [1.82, 2.24) is 0 Å². The molecule has 0 aliphatic rings. The smallest absolute Gasteiger partial charge is 0.416 e. The second-order valence-electron chi connectivity index (χ2n) is 5.02. The maximum absolute atomic E-state index is 12.9. The lowest BCUT2D eigenvalue weighted by Crippen LogP contribution is -3.01. The number of anilines is 1. The average Bonchev–Trinajstić information content (AvgIpc) is 2.44. The van der Waals surface area contributed by atoms with E-state index in [0.29, 0.717) is 38.1 Å². The van der Waals surface area contributed by atoms with Crippen molar-refractivity contribution in [2.24, 2.45) is 0 Å². The highest BCUT2D eigenvalue weighted by Crippen LogP contribution is 2.38. The van der Waals surface area contributed by atoms with Crippen molar-refractivity contribution in [3.8, 4) is 0 Å². The number of hydrogen-bond donors (Lipinski definition) is 4. The molecular weight excluding hydrogens is 319 g/mol. The SMILES string of the molecule is CCCN(CCC)c1c([NH+]([O-])O)cc(C(F)(F)F)cc1[NH+]([O-])O. The standard InChI is InChI=1S/C13H20F3N3O4/c1-3-5-17(6-4-2)12-10(18(20)21)7-9(13(14,15)16)8-11(12)19(22)23/h7-8,18-20,22H,3-6H2,1-2H3. The van der Waals surface area contributed by atoms with E-state index in [1.165, 1.54) is 4.90 Å². The fourth-order valence-corrected chi connectivity index (χ4v) is 2.34. The van der Waals surface area contributed by atoms with Gasteiger partial charge in [0.05, 0.1) is 5.56 Å². The third-order valence-electron chi connectivity index (χ3n) is 3.20. The number of nitrogens with zero attached hydrogens (tertiary/aromatic N) is 1. The third-order valence-corrected chi connectivity index (χ3v) is 3.20. The predicted octanol–water partition coefficient (Wildman–Crippen LogP) is 1.14. The molecule has 0 saturated heterocycles. The van der Waals surface area contributed by atoms with Crippen LogP contribution < -0.4 is 15.4 Å². The minimum Gasteiger partial charge on any atom is -0.595 e. The van der Waals surface area contributed by atoms with Gasteiger partial charge in [0.15, 0.2) is 17.1 Å². The fraction of sp³-hybridized carbons (Fsp3) is 0.538. The Morgan fingerprint density at radius 1 is 1.00 bits per heavy atom. The first-order valence-corrected chi connectivity index (χ1v) is 7.10. The van der Waals surface area contributed by atoms with Gasteiger partial charge in [0.25, 0.3) is 0 Å². The summed E-state index contributed by atoms with van der Waals surface area (Å²) in [4.78, 5) is 1.51. The van der Waals surface area contributed by atoms with E-state index < -0.39 is 33.6 Å². The van der Waals surface area contributed by atoms with Crippen molar-refractivity contribution in [3.05, 3.63) is 28.1 Å². The van der Waals surface area contributed by atoms with Crippen LogP contribution in [0.5, 0.6) is 0 Å². The summed E-state index contributed by atoms with van der Waals surface area (Å²) in [6.45, 7) is 4.32. The summed E-state index contributed by atoms with van der Waals surface area (Å²) in [7, 11) is 0. The molecule has 1 aromatic rings. The molecule has 0 aliphatic carbocycles. The van der Waals surface area contributed by atoms with Crippen molar-refractivity contribution >= 4 is 17.1 Å². The Bertz CT molecular complexity index is 489. The average molecular weight is 339 g/mol. The molecule has 0 aromatic heterocycles. The van der Waals surface area contributed by atoms with E-state index >= 15 is 0 Å². The molecule has 1 aromatic carbocycles. The van der Waals surface area contributed by atoms with Crippen molar-refractivity contribution in [1.29, 1.82) is 0 Å². The molecule has 4 N–H and O–H groups in total. The van der Waals surface area contributed by atoms with Crippen LogP contribution in [0.2, 0.25) is 0 Å². The van der Waals surface area contributed by atoms with Crippen molar-refractivity contribution in [2.45, 2.75) is 32.9 Å². The van der Waals surface area contributed by atoms with Gasteiger partial charge in [0, 0.05) is 25.2 Å². The van der Waals surface area contributed by atoms with Crippen LogP contribution in [0.25, 0.3) is 0 Å². The monoisotopic (exact) mass is 339 g/mol. The molecule has 0 heterocycles. The highest BCUT2D eigenvalue weighted by atomic mass is 19.4. The van der Waals surface area contributed by atoms with E-state index in [2.05, 4.69) is 0 Å². The Balaban J connectivity index is 3.63. The maximum atomic E-state index is 12.9. The number of nitrogens with one attached hydrogen (secondary N) is 2. The number of quaternary nitrogens is 2. The van der Waals surface area contributed by atoms with E-state index in [9.17, 15) is 34.0 Å². The lowest BCUT2D eigenvalue weighted by Gasteiger charge is -2.30. The van der Waals surface area contributed by atoms with E-state index in [1.807, 2.05) is 13.8 Å². The fourth-order valence-electron chi connectivity index (χ4n) is 2.34. The predicted molar refractivity (Wildman–Crippen MR) is 75.8 cm³/mol. The Morgan fingerprint density at radius 3 is 1.65 bits per heavy atom. The topological polar surface area (TPSA) is 98.7 Å². The Kier molecular flexibility index (Phi) is 6.74. The van der Waals surface area contributed by atoms with Gasteiger partial charge in [0.2, 0.25) is 0 Å². The number of halogens is 3. The zero-order chi connectivity index (χ0) is 17.8. The van der Waals surface area contributed by atoms with Crippen LogP contribution in [-0.2, 0) is 6.18 Å². The molecule has 10 heteroatoms. The number of hydrogen-bond acceptors (Lipinski definition) is 5.